The lowest BCUT2D eigenvalue weighted by atomic mass is 10.3. The van der Waals surface area contributed by atoms with Gasteiger partial charge in [-0.1, -0.05) is 6.07 Å². The molecule has 0 radical (unpaired) electrons. The van der Waals surface area contributed by atoms with Crippen molar-refractivity contribution >= 4 is 17.4 Å². The number of nitrogens with one attached hydrogen (secondary N) is 1. The molecule has 0 aliphatic heterocycles. The molecule has 0 aliphatic carbocycles. The predicted octanol–water partition coefficient (Wildman–Crippen LogP) is 1.75. The third kappa shape index (κ3) is 2.85. The van der Waals surface area contributed by atoms with Crippen molar-refractivity contribution in [1.29, 1.82) is 0 Å². The Morgan fingerprint density at radius 2 is 2.26 bits per heavy atom. The van der Waals surface area contributed by atoms with Gasteiger partial charge in [-0.25, -0.2) is 4.68 Å². The molecule has 1 aromatic carbocycles. The number of rotatable bonds is 4. The van der Waals surface area contributed by atoms with E-state index in [0.29, 0.717) is 29.5 Å². The molecule has 0 atom stereocenters. The molecule has 2 aromatic rings. The minimum Gasteiger partial charge on any atom is -0.497 e. The lowest BCUT2D eigenvalue weighted by Gasteiger charge is -2.05. The van der Waals surface area contributed by atoms with Gasteiger partial charge in [0.1, 0.15) is 11.6 Å². The molecule has 0 unspecified atom stereocenters. The van der Waals surface area contributed by atoms with E-state index in [2.05, 4.69) is 10.4 Å². The first-order chi connectivity index (χ1) is 9.13. The molecular weight excluding hydrogens is 244 g/mol. The Balaban J connectivity index is 2.15. The Kier molecular flexibility index (Phi) is 3.70. The van der Waals surface area contributed by atoms with Gasteiger partial charge in [-0.2, -0.15) is 5.10 Å². The summed E-state index contributed by atoms with van der Waals surface area (Å²) in [4.78, 5) is 12.0. The minimum atomic E-state index is -0.299. The van der Waals surface area contributed by atoms with Gasteiger partial charge < -0.3 is 15.8 Å². The van der Waals surface area contributed by atoms with Crippen molar-refractivity contribution in [1.82, 2.24) is 9.78 Å². The number of amides is 1. The summed E-state index contributed by atoms with van der Waals surface area (Å²) in [5.41, 5.74) is 6.67. The number of ether oxygens (including phenoxy) is 1. The summed E-state index contributed by atoms with van der Waals surface area (Å²) in [5.74, 6) is 0.849. The number of methoxy groups -OCH3 is 1. The monoisotopic (exact) mass is 260 g/mol. The Bertz CT molecular complexity index is 592. The van der Waals surface area contributed by atoms with E-state index < -0.39 is 0 Å². The number of benzene rings is 1. The minimum absolute atomic E-state index is 0.294. The van der Waals surface area contributed by atoms with Gasteiger partial charge in [0.05, 0.1) is 7.11 Å². The summed E-state index contributed by atoms with van der Waals surface area (Å²) in [6.07, 6.45) is 0. The summed E-state index contributed by atoms with van der Waals surface area (Å²) >= 11 is 0. The molecule has 1 amide bonds. The molecule has 1 heterocycles. The SMILES string of the molecule is CCn1nc(C(=O)Nc2cccc(OC)c2)cc1N. The van der Waals surface area contributed by atoms with Crippen LogP contribution in [0.2, 0.25) is 0 Å². The third-order valence-electron chi connectivity index (χ3n) is 2.67. The summed E-state index contributed by atoms with van der Waals surface area (Å²) in [7, 11) is 1.57. The van der Waals surface area contributed by atoms with E-state index in [1.54, 1.807) is 42.1 Å². The van der Waals surface area contributed by atoms with Crippen LogP contribution in [0.15, 0.2) is 30.3 Å². The fourth-order valence-corrected chi connectivity index (χ4v) is 1.69. The highest BCUT2D eigenvalue weighted by Gasteiger charge is 2.12. The summed E-state index contributed by atoms with van der Waals surface area (Å²) < 4.78 is 6.66. The molecular formula is C13H16N4O2. The van der Waals surface area contributed by atoms with Crippen molar-refractivity contribution in [2.45, 2.75) is 13.5 Å². The van der Waals surface area contributed by atoms with Crippen LogP contribution >= 0.6 is 0 Å². The molecule has 6 nitrogen and oxygen atoms in total. The topological polar surface area (TPSA) is 82.2 Å². The molecule has 0 saturated heterocycles. The van der Waals surface area contributed by atoms with Crippen molar-refractivity contribution < 1.29 is 9.53 Å². The van der Waals surface area contributed by atoms with Gasteiger partial charge in [0.25, 0.3) is 5.91 Å². The molecule has 0 aliphatic rings. The number of nitrogens with two attached hydrogens (primary N) is 1. The van der Waals surface area contributed by atoms with Crippen LogP contribution < -0.4 is 15.8 Å². The smallest absolute Gasteiger partial charge is 0.276 e. The van der Waals surface area contributed by atoms with Crippen molar-refractivity contribution in [2.24, 2.45) is 0 Å². The maximum absolute atomic E-state index is 12.0. The summed E-state index contributed by atoms with van der Waals surface area (Å²) in [6.45, 7) is 2.53. The highest BCUT2D eigenvalue weighted by molar-refractivity contribution is 6.03. The second-order valence-corrected chi connectivity index (χ2v) is 3.96. The van der Waals surface area contributed by atoms with Crippen LogP contribution in [0.4, 0.5) is 11.5 Å². The largest absolute Gasteiger partial charge is 0.497 e. The quantitative estimate of drug-likeness (QED) is 0.877. The van der Waals surface area contributed by atoms with E-state index in [9.17, 15) is 4.79 Å². The van der Waals surface area contributed by atoms with Crippen LogP contribution in [-0.4, -0.2) is 22.8 Å². The fourth-order valence-electron chi connectivity index (χ4n) is 1.69. The number of aryl methyl sites for hydroxylation is 1. The van der Waals surface area contributed by atoms with Crippen LogP contribution in [0.3, 0.4) is 0 Å². The maximum atomic E-state index is 12.0. The van der Waals surface area contributed by atoms with E-state index in [4.69, 9.17) is 10.5 Å². The molecule has 0 spiro atoms. The van der Waals surface area contributed by atoms with Crippen molar-refractivity contribution in [3.63, 3.8) is 0 Å². The second-order valence-electron chi connectivity index (χ2n) is 3.96. The number of carbonyl (C=O) groups is 1. The fraction of sp³-hybridized carbons (Fsp3) is 0.231. The second kappa shape index (κ2) is 5.43. The van der Waals surface area contributed by atoms with Crippen LogP contribution in [0.25, 0.3) is 0 Å². The van der Waals surface area contributed by atoms with Crippen molar-refractivity contribution in [2.75, 3.05) is 18.2 Å². The normalized spacial score (nSPS) is 10.2. The number of hydrogen-bond acceptors (Lipinski definition) is 4. The number of hydrogen-bond donors (Lipinski definition) is 2. The number of nitrogens with zero attached hydrogens (tertiary/aromatic N) is 2. The Morgan fingerprint density at radius 1 is 1.47 bits per heavy atom. The molecule has 0 bridgehead atoms. The summed E-state index contributed by atoms with van der Waals surface area (Å²) in [5, 5.41) is 6.86. The van der Waals surface area contributed by atoms with E-state index in [0.717, 1.165) is 0 Å². The zero-order chi connectivity index (χ0) is 13.8. The average molecular weight is 260 g/mol. The molecule has 19 heavy (non-hydrogen) atoms. The van der Waals surface area contributed by atoms with Crippen LogP contribution in [0.1, 0.15) is 17.4 Å². The van der Waals surface area contributed by atoms with E-state index in [1.165, 1.54) is 0 Å². The van der Waals surface area contributed by atoms with Crippen LogP contribution in [-0.2, 0) is 6.54 Å². The molecule has 0 fully saturated rings. The maximum Gasteiger partial charge on any atom is 0.276 e. The average Bonchev–Trinajstić information content (AvgIpc) is 2.80. The number of nitrogen functional groups attached to an aromatic ring is 1. The molecule has 3 N–H and O–H groups in total. The Labute approximate surface area is 111 Å². The third-order valence-corrected chi connectivity index (χ3v) is 2.67. The van der Waals surface area contributed by atoms with Gasteiger partial charge >= 0.3 is 0 Å². The van der Waals surface area contributed by atoms with Crippen molar-refractivity contribution in [3.05, 3.63) is 36.0 Å². The standard InChI is InChI=1S/C13H16N4O2/c1-3-17-12(14)8-11(16-17)13(18)15-9-5-4-6-10(7-9)19-2/h4-8H,3,14H2,1-2H3,(H,15,18). The van der Waals surface area contributed by atoms with Gasteiger partial charge in [0.2, 0.25) is 0 Å². The van der Waals surface area contributed by atoms with E-state index in [-0.39, 0.29) is 5.91 Å². The summed E-state index contributed by atoms with van der Waals surface area (Å²) in [6, 6.07) is 8.67. The zero-order valence-corrected chi connectivity index (χ0v) is 10.9. The van der Waals surface area contributed by atoms with Gasteiger partial charge in [-0.05, 0) is 19.1 Å². The first kappa shape index (κ1) is 12.9. The first-order valence-corrected chi connectivity index (χ1v) is 5.92. The zero-order valence-electron chi connectivity index (χ0n) is 10.9. The van der Waals surface area contributed by atoms with Gasteiger partial charge in [-0.3, -0.25) is 4.79 Å². The lowest BCUT2D eigenvalue weighted by molar-refractivity contribution is 0.102. The van der Waals surface area contributed by atoms with E-state index >= 15 is 0 Å². The number of carbonyl (C=O) groups excluding carboxylic acids is 1. The van der Waals surface area contributed by atoms with E-state index in [1.807, 2.05) is 6.92 Å². The van der Waals surface area contributed by atoms with Gasteiger partial charge in [0.15, 0.2) is 5.69 Å². The lowest BCUT2D eigenvalue weighted by Crippen LogP contribution is -2.13. The Morgan fingerprint density at radius 3 is 2.89 bits per heavy atom. The van der Waals surface area contributed by atoms with Crippen LogP contribution in [0.5, 0.6) is 5.75 Å². The molecule has 0 saturated carbocycles. The van der Waals surface area contributed by atoms with Gasteiger partial charge in [-0.15, -0.1) is 0 Å². The Hall–Kier alpha value is -2.50. The highest BCUT2D eigenvalue weighted by atomic mass is 16.5. The van der Waals surface area contributed by atoms with Gasteiger partial charge in [0, 0.05) is 24.4 Å². The first-order valence-electron chi connectivity index (χ1n) is 5.92. The molecule has 6 heteroatoms. The number of anilines is 2. The predicted molar refractivity (Wildman–Crippen MR) is 73.3 cm³/mol. The molecule has 2 rings (SSSR count). The van der Waals surface area contributed by atoms with Crippen molar-refractivity contribution in [3.8, 4) is 5.75 Å². The molecule has 1 aromatic heterocycles. The molecule has 100 valence electrons. The van der Waals surface area contributed by atoms with Crippen LogP contribution in [0, 0.1) is 0 Å². The highest BCUT2D eigenvalue weighted by Crippen LogP contribution is 2.17. The number of aromatic nitrogens is 2.